The Morgan fingerprint density at radius 3 is 2.79 bits per heavy atom. The maximum atomic E-state index is 11.1. The molecule has 0 aromatic carbocycles. The van der Waals surface area contributed by atoms with Crippen LogP contribution in [0.2, 0.25) is 0 Å². The highest BCUT2D eigenvalue weighted by molar-refractivity contribution is 7.99. The van der Waals surface area contributed by atoms with E-state index in [0.29, 0.717) is 5.92 Å². The molecule has 0 bridgehead atoms. The van der Waals surface area contributed by atoms with E-state index in [-0.39, 0.29) is 5.60 Å². The van der Waals surface area contributed by atoms with Crippen LogP contribution < -0.4 is 5.32 Å². The lowest BCUT2D eigenvalue weighted by Gasteiger charge is -2.48. The summed E-state index contributed by atoms with van der Waals surface area (Å²) < 4.78 is 6.16. The number of thioether (sulfide) groups is 1. The quantitative estimate of drug-likeness (QED) is 0.775. The standard InChI is InChI=1S/C15H27NO2S/c17-15(3-1-7-16-8-4-15)13-2-9-18-14(12-13)5-10-19-11-6-14/h13,16-17H,1-12H2. The Morgan fingerprint density at radius 2 is 1.95 bits per heavy atom. The second-order valence-electron chi connectivity index (χ2n) is 6.54. The Balaban J connectivity index is 1.69. The first-order valence-corrected chi connectivity index (χ1v) is 9.03. The van der Waals surface area contributed by atoms with Gasteiger partial charge in [-0.05, 0) is 75.5 Å². The van der Waals surface area contributed by atoms with Gasteiger partial charge in [0.1, 0.15) is 0 Å². The van der Waals surface area contributed by atoms with Crippen molar-refractivity contribution in [3.63, 3.8) is 0 Å². The smallest absolute Gasteiger partial charge is 0.0702 e. The molecule has 0 radical (unpaired) electrons. The zero-order chi connectivity index (χ0) is 13.2. The molecule has 0 aromatic heterocycles. The highest BCUT2D eigenvalue weighted by Crippen LogP contribution is 2.45. The number of hydrogen-bond acceptors (Lipinski definition) is 4. The van der Waals surface area contributed by atoms with Gasteiger partial charge < -0.3 is 15.2 Å². The summed E-state index contributed by atoms with van der Waals surface area (Å²) in [6.07, 6.45) is 7.50. The average Bonchev–Trinajstić information content (AvgIpc) is 2.66. The third kappa shape index (κ3) is 3.12. The second kappa shape index (κ2) is 5.92. The lowest BCUT2D eigenvalue weighted by molar-refractivity contribution is -0.149. The molecule has 0 aliphatic carbocycles. The van der Waals surface area contributed by atoms with Crippen LogP contribution in [0.3, 0.4) is 0 Å². The summed E-state index contributed by atoms with van der Waals surface area (Å²) in [5.41, 5.74) is -0.339. The molecule has 19 heavy (non-hydrogen) atoms. The highest BCUT2D eigenvalue weighted by atomic mass is 32.2. The summed E-state index contributed by atoms with van der Waals surface area (Å²) in [6.45, 7) is 2.88. The van der Waals surface area contributed by atoms with E-state index >= 15 is 0 Å². The van der Waals surface area contributed by atoms with Crippen molar-refractivity contribution >= 4 is 11.8 Å². The maximum Gasteiger partial charge on any atom is 0.0702 e. The van der Waals surface area contributed by atoms with Crippen molar-refractivity contribution in [2.24, 2.45) is 5.92 Å². The van der Waals surface area contributed by atoms with E-state index in [4.69, 9.17) is 4.74 Å². The van der Waals surface area contributed by atoms with Crippen molar-refractivity contribution < 1.29 is 9.84 Å². The van der Waals surface area contributed by atoms with Crippen molar-refractivity contribution in [2.45, 2.75) is 56.1 Å². The van der Waals surface area contributed by atoms with Crippen molar-refractivity contribution in [2.75, 3.05) is 31.2 Å². The Morgan fingerprint density at radius 1 is 1.11 bits per heavy atom. The van der Waals surface area contributed by atoms with Gasteiger partial charge in [0, 0.05) is 6.61 Å². The first kappa shape index (κ1) is 14.2. The predicted molar refractivity (Wildman–Crippen MR) is 79.6 cm³/mol. The van der Waals surface area contributed by atoms with Crippen LogP contribution in [0.25, 0.3) is 0 Å². The van der Waals surface area contributed by atoms with E-state index in [1.54, 1.807) is 0 Å². The van der Waals surface area contributed by atoms with Crippen LogP contribution >= 0.6 is 11.8 Å². The number of rotatable bonds is 1. The minimum Gasteiger partial charge on any atom is -0.390 e. The van der Waals surface area contributed by atoms with Crippen LogP contribution in [-0.4, -0.2) is 47.5 Å². The Labute approximate surface area is 120 Å². The number of hydrogen-bond donors (Lipinski definition) is 2. The normalized spacial score (nSPS) is 39.9. The molecule has 3 aliphatic heterocycles. The van der Waals surface area contributed by atoms with Gasteiger partial charge in [0.25, 0.3) is 0 Å². The van der Waals surface area contributed by atoms with Crippen LogP contribution in [-0.2, 0) is 4.74 Å². The Hall–Kier alpha value is 0.230. The molecule has 3 fully saturated rings. The molecule has 4 heteroatoms. The largest absolute Gasteiger partial charge is 0.390 e. The van der Waals surface area contributed by atoms with Crippen molar-refractivity contribution in [1.29, 1.82) is 0 Å². The minimum absolute atomic E-state index is 0.101. The molecule has 3 nitrogen and oxygen atoms in total. The van der Waals surface area contributed by atoms with E-state index in [9.17, 15) is 5.11 Å². The molecule has 2 N–H and O–H groups in total. The molecule has 110 valence electrons. The van der Waals surface area contributed by atoms with Gasteiger partial charge >= 0.3 is 0 Å². The van der Waals surface area contributed by atoms with Gasteiger partial charge in [0.05, 0.1) is 11.2 Å². The third-order valence-electron chi connectivity index (χ3n) is 5.35. The van der Waals surface area contributed by atoms with Crippen LogP contribution in [0.4, 0.5) is 0 Å². The summed E-state index contributed by atoms with van der Waals surface area (Å²) in [6, 6.07) is 0. The fourth-order valence-corrected chi connectivity index (χ4v) is 5.30. The topological polar surface area (TPSA) is 41.5 Å². The van der Waals surface area contributed by atoms with E-state index in [2.05, 4.69) is 5.32 Å². The molecular formula is C15H27NO2S. The van der Waals surface area contributed by atoms with Gasteiger partial charge in [-0.3, -0.25) is 0 Å². The lowest BCUT2D eigenvalue weighted by Crippen LogP contribution is -2.50. The van der Waals surface area contributed by atoms with Crippen LogP contribution in [0, 0.1) is 5.92 Å². The Kier molecular flexibility index (Phi) is 4.42. The van der Waals surface area contributed by atoms with Crippen LogP contribution in [0.1, 0.15) is 44.9 Å². The minimum atomic E-state index is -0.440. The van der Waals surface area contributed by atoms with Crippen LogP contribution in [0.15, 0.2) is 0 Å². The van der Waals surface area contributed by atoms with Gasteiger partial charge in [-0.1, -0.05) is 0 Å². The molecule has 2 atom stereocenters. The van der Waals surface area contributed by atoms with Gasteiger partial charge in [0.2, 0.25) is 0 Å². The molecule has 3 saturated heterocycles. The first-order valence-electron chi connectivity index (χ1n) is 7.87. The van der Waals surface area contributed by atoms with Crippen molar-refractivity contribution in [3.8, 4) is 0 Å². The maximum absolute atomic E-state index is 11.1. The van der Waals surface area contributed by atoms with Crippen molar-refractivity contribution in [3.05, 3.63) is 0 Å². The highest BCUT2D eigenvalue weighted by Gasteiger charge is 2.46. The molecule has 0 amide bonds. The van der Waals surface area contributed by atoms with Gasteiger partial charge in [-0.25, -0.2) is 0 Å². The van der Waals surface area contributed by atoms with Gasteiger partial charge in [-0.15, -0.1) is 0 Å². The van der Waals surface area contributed by atoms with E-state index < -0.39 is 5.60 Å². The zero-order valence-corrected chi connectivity index (χ0v) is 12.6. The molecule has 3 aliphatic rings. The molecular weight excluding hydrogens is 258 g/mol. The molecule has 1 spiro atoms. The monoisotopic (exact) mass is 285 g/mol. The number of ether oxygens (including phenoxy) is 1. The van der Waals surface area contributed by atoms with Crippen LogP contribution in [0.5, 0.6) is 0 Å². The summed E-state index contributed by atoms with van der Waals surface area (Å²) >= 11 is 2.05. The summed E-state index contributed by atoms with van der Waals surface area (Å²) in [5, 5.41) is 14.5. The Bertz CT molecular complexity index is 291. The number of nitrogens with one attached hydrogen (secondary N) is 1. The SMILES string of the molecule is OC1(C2CCOC3(CCSCC3)C2)CCCNCC1. The average molecular weight is 285 g/mol. The fraction of sp³-hybridized carbons (Fsp3) is 1.00. The summed E-state index contributed by atoms with van der Waals surface area (Å²) in [4.78, 5) is 0. The fourth-order valence-electron chi connectivity index (χ4n) is 4.06. The molecule has 3 rings (SSSR count). The van der Waals surface area contributed by atoms with Gasteiger partial charge in [-0.2, -0.15) is 11.8 Å². The molecule has 3 heterocycles. The number of aliphatic hydroxyl groups is 1. The molecule has 0 saturated carbocycles. The summed E-state index contributed by atoms with van der Waals surface area (Å²) in [5.74, 6) is 2.91. The lowest BCUT2D eigenvalue weighted by atomic mass is 9.71. The zero-order valence-electron chi connectivity index (χ0n) is 11.8. The van der Waals surface area contributed by atoms with E-state index in [0.717, 1.165) is 51.8 Å². The third-order valence-corrected chi connectivity index (χ3v) is 6.34. The van der Waals surface area contributed by atoms with E-state index in [1.165, 1.54) is 24.3 Å². The first-order chi connectivity index (χ1) is 9.23. The summed E-state index contributed by atoms with van der Waals surface area (Å²) in [7, 11) is 0. The van der Waals surface area contributed by atoms with E-state index in [1.807, 2.05) is 11.8 Å². The second-order valence-corrected chi connectivity index (χ2v) is 7.77. The molecule has 2 unspecified atom stereocenters. The predicted octanol–water partition coefficient (Wildman–Crippen LogP) is 2.18. The van der Waals surface area contributed by atoms with Gasteiger partial charge in [0.15, 0.2) is 0 Å². The molecule has 0 aromatic rings. The van der Waals surface area contributed by atoms with Crippen molar-refractivity contribution in [1.82, 2.24) is 5.32 Å².